The highest BCUT2D eigenvalue weighted by atomic mass is 16.5. The van der Waals surface area contributed by atoms with Crippen LogP contribution in [0.2, 0.25) is 0 Å². The maximum atomic E-state index is 10.9. The summed E-state index contributed by atoms with van der Waals surface area (Å²) in [6.45, 7) is 2.48. The standard InChI is InChI=1S/C12H18N2O3/c1-9-6-10(13-17-9)7-14(8-12(15)16)11-4-2-3-5-11/h6,11H,2-5,7-8H2,1H3,(H,15,16). The summed E-state index contributed by atoms with van der Waals surface area (Å²) >= 11 is 0. The highest BCUT2D eigenvalue weighted by molar-refractivity contribution is 5.69. The first-order valence-electron chi connectivity index (χ1n) is 6.03. The summed E-state index contributed by atoms with van der Waals surface area (Å²) < 4.78 is 5.01. The average molecular weight is 238 g/mol. The van der Waals surface area contributed by atoms with E-state index in [1.54, 1.807) is 0 Å². The van der Waals surface area contributed by atoms with Gasteiger partial charge in [0.2, 0.25) is 0 Å². The van der Waals surface area contributed by atoms with E-state index in [9.17, 15) is 4.79 Å². The van der Waals surface area contributed by atoms with E-state index in [1.165, 1.54) is 12.8 Å². The maximum absolute atomic E-state index is 10.9. The van der Waals surface area contributed by atoms with Crippen LogP contribution in [-0.4, -0.2) is 33.7 Å². The molecule has 94 valence electrons. The number of carboxylic acids is 1. The minimum absolute atomic E-state index is 0.0799. The van der Waals surface area contributed by atoms with E-state index in [4.69, 9.17) is 9.63 Å². The fraction of sp³-hybridized carbons (Fsp3) is 0.667. The molecule has 5 heteroatoms. The van der Waals surface area contributed by atoms with Crippen molar-refractivity contribution in [2.24, 2.45) is 0 Å². The predicted molar refractivity (Wildman–Crippen MR) is 61.5 cm³/mol. The van der Waals surface area contributed by atoms with Gasteiger partial charge >= 0.3 is 5.97 Å². The zero-order valence-corrected chi connectivity index (χ0v) is 10.1. The third kappa shape index (κ3) is 3.30. The molecule has 1 aromatic heterocycles. The van der Waals surface area contributed by atoms with Gasteiger partial charge in [-0.15, -0.1) is 0 Å². The smallest absolute Gasteiger partial charge is 0.317 e. The first-order chi connectivity index (χ1) is 8.15. The molecule has 2 rings (SSSR count). The predicted octanol–water partition coefficient (Wildman–Crippen LogP) is 1.81. The minimum Gasteiger partial charge on any atom is -0.480 e. The number of carboxylic acid groups (broad SMARTS) is 1. The third-order valence-corrected chi connectivity index (χ3v) is 3.22. The van der Waals surface area contributed by atoms with Gasteiger partial charge < -0.3 is 9.63 Å². The van der Waals surface area contributed by atoms with Crippen LogP contribution in [-0.2, 0) is 11.3 Å². The van der Waals surface area contributed by atoms with Crippen molar-refractivity contribution in [2.45, 2.75) is 45.2 Å². The van der Waals surface area contributed by atoms with Gasteiger partial charge in [0.1, 0.15) is 5.76 Å². The van der Waals surface area contributed by atoms with Crippen LogP contribution in [0.1, 0.15) is 37.1 Å². The Labute approximate surface area is 100 Å². The molecule has 1 N–H and O–H groups in total. The van der Waals surface area contributed by atoms with Gasteiger partial charge in [-0.2, -0.15) is 0 Å². The molecule has 0 saturated heterocycles. The van der Waals surface area contributed by atoms with E-state index < -0.39 is 5.97 Å². The quantitative estimate of drug-likeness (QED) is 0.847. The Morgan fingerprint density at radius 2 is 2.29 bits per heavy atom. The lowest BCUT2D eigenvalue weighted by Gasteiger charge is -2.25. The molecule has 0 unspecified atom stereocenters. The molecule has 1 aromatic rings. The number of carbonyl (C=O) groups is 1. The Bertz CT molecular complexity index is 383. The van der Waals surface area contributed by atoms with Gasteiger partial charge in [-0.1, -0.05) is 18.0 Å². The normalized spacial score (nSPS) is 16.8. The summed E-state index contributed by atoms with van der Waals surface area (Å²) in [5.74, 6) is -0.0150. The van der Waals surface area contributed by atoms with Crippen LogP contribution in [0, 0.1) is 6.92 Å². The van der Waals surface area contributed by atoms with Crippen LogP contribution in [0.3, 0.4) is 0 Å². The molecular formula is C12H18N2O3. The second kappa shape index (κ2) is 5.31. The second-order valence-electron chi connectivity index (χ2n) is 4.67. The molecule has 5 nitrogen and oxygen atoms in total. The van der Waals surface area contributed by atoms with Crippen LogP contribution >= 0.6 is 0 Å². The van der Waals surface area contributed by atoms with Crippen molar-refractivity contribution in [3.05, 3.63) is 17.5 Å². The molecular weight excluding hydrogens is 220 g/mol. The molecule has 17 heavy (non-hydrogen) atoms. The van der Waals surface area contributed by atoms with Crippen LogP contribution < -0.4 is 0 Å². The fourth-order valence-corrected chi connectivity index (χ4v) is 2.46. The Kier molecular flexibility index (Phi) is 3.78. The number of aromatic nitrogens is 1. The maximum Gasteiger partial charge on any atom is 0.317 e. The zero-order valence-electron chi connectivity index (χ0n) is 10.1. The molecule has 1 aliphatic carbocycles. The van der Waals surface area contributed by atoms with Gasteiger partial charge in [-0.25, -0.2) is 0 Å². The van der Waals surface area contributed by atoms with Crippen molar-refractivity contribution in [2.75, 3.05) is 6.54 Å². The molecule has 0 spiro atoms. The Morgan fingerprint density at radius 1 is 1.59 bits per heavy atom. The second-order valence-corrected chi connectivity index (χ2v) is 4.67. The van der Waals surface area contributed by atoms with E-state index in [0.717, 1.165) is 24.3 Å². The van der Waals surface area contributed by atoms with Crippen molar-refractivity contribution in [3.63, 3.8) is 0 Å². The topological polar surface area (TPSA) is 66.6 Å². The molecule has 0 radical (unpaired) electrons. The first kappa shape index (κ1) is 12.1. The van der Waals surface area contributed by atoms with Gasteiger partial charge in [0.05, 0.1) is 12.2 Å². The Balaban J connectivity index is 2.01. The van der Waals surface area contributed by atoms with Gasteiger partial charge in [0, 0.05) is 18.7 Å². The number of aryl methyl sites for hydroxylation is 1. The average Bonchev–Trinajstić information content (AvgIpc) is 2.87. The lowest BCUT2D eigenvalue weighted by atomic mass is 10.2. The van der Waals surface area contributed by atoms with Crippen LogP contribution in [0.4, 0.5) is 0 Å². The van der Waals surface area contributed by atoms with Gasteiger partial charge in [-0.05, 0) is 19.8 Å². The number of hydrogen-bond acceptors (Lipinski definition) is 4. The zero-order chi connectivity index (χ0) is 12.3. The summed E-state index contributed by atoms with van der Waals surface area (Å²) in [6, 6.07) is 2.24. The molecule has 1 saturated carbocycles. The summed E-state index contributed by atoms with van der Waals surface area (Å²) in [7, 11) is 0. The van der Waals surface area contributed by atoms with Crippen LogP contribution in [0.25, 0.3) is 0 Å². The van der Waals surface area contributed by atoms with E-state index >= 15 is 0 Å². The minimum atomic E-state index is -0.780. The lowest BCUT2D eigenvalue weighted by Crippen LogP contribution is -2.37. The molecule has 1 aliphatic rings. The summed E-state index contributed by atoms with van der Waals surface area (Å²) in [5, 5.41) is 12.9. The number of nitrogens with zero attached hydrogens (tertiary/aromatic N) is 2. The van der Waals surface area contributed by atoms with Crippen molar-refractivity contribution in [1.29, 1.82) is 0 Å². The summed E-state index contributed by atoms with van der Waals surface area (Å²) in [5.41, 5.74) is 0.815. The first-order valence-corrected chi connectivity index (χ1v) is 6.03. The van der Waals surface area contributed by atoms with Gasteiger partial charge in [-0.3, -0.25) is 9.69 Å². The highest BCUT2D eigenvalue weighted by Crippen LogP contribution is 2.24. The highest BCUT2D eigenvalue weighted by Gasteiger charge is 2.25. The van der Waals surface area contributed by atoms with E-state index in [0.29, 0.717) is 12.6 Å². The van der Waals surface area contributed by atoms with E-state index in [2.05, 4.69) is 5.16 Å². The number of rotatable bonds is 5. The van der Waals surface area contributed by atoms with Gasteiger partial charge in [0.25, 0.3) is 0 Å². The third-order valence-electron chi connectivity index (χ3n) is 3.22. The monoisotopic (exact) mass is 238 g/mol. The Morgan fingerprint density at radius 3 is 2.82 bits per heavy atom. The molecule has 1 heterocycles. The van der Waals surface area contributed by atoms with Crippen molar-refractivity contribution < 1.29 is 14.4 Å². The summed E-state index contributed by atoms with van der Waals surface area (Å²) in [4.78, 5) is 12.9. The largest absolute Gasteiger partial charge is 0.480 e. The van der Waals surface area contributed by atoms with Gasteiger partial charge in [0.15, 0.2) is 0 Å². The van der Waals surface area contributed by atoms with E-state index in [1.807, 2.05) is 17.9 Å². The molecule has 0 aliphatic heterocycles. The molecule has 0 amide bonds. The molecule has 0 aromatic carbocycles. The number of hydrogen-bond donors (Lipinski definition) is 1. The summed E-state index contributed by atoms with van der Waals surface area (Å²) in [6.07, 6.45) is 4.56. The number of aliphatic carboxylic acids is 1. The Hall–Kier alpha value is -1.36. The van der Waals surface area contributed by atoms with Crippen molar-refractivity contribution >= 4 is 5.97 Å². The fourth-order valence-electron chi connectivity index (χ4n) is 2.46. The lowest BCUT2D eigenvalue weighted by molar-refractivity contribution is -0.139. The van der Waals surface area contributed by atoms with E-state index in [-0.39, 0.29) is 6.54 Å². The van der Waals surface area contributed by atoms with Crippen LogP contribution in [0.15, 0.2) is 10.6 Å². The molecule has 1 fully saturated rings. The molecule has 0 bridgehead atoms. The molecule has 0 atom stereocenters. The van der Waals surface area contributed by atoms with Crippen molar-refractivity contribution in [3.8, 4) is 0 Å². The van der Waals surface area contributed by atoms with Crippen molar-refractivity contribution in [1.82, 2.24) is 10.1 Å². The SMILES string of the molecule is Cc1cc(CN(CC(=O)O)C2CCCC2)no1. The van der Waals surface area contributed by atoms with Crippen LogP contribution in [0.5, 0.6) is 0 Å².